The standard InChI is InChI=1S/C12H19N3O2S2/c1-8(2)6-9(3)15-19(16,17)10-4-5-11(12(13)18)14-7-10/h4-5,7-9,15H,6H2,1-3H3,(H2,13,18). The first-order valence-electron chi connectivity index (χ1n) is 6.00. The highest BCUT2D eigenvalue weighted by Gasteiger charge is 2.18. The zero-order valence-corrected chi connectivity index (χ0v) is 12.9. The van der Waals surface area contributed by atoms with Crippen LogP contribution in [0, 0.1) is 5.92 Å². The Morgan fingerprint density at radius 3 is 2.47 bits per heavy atom. The van der Waals surface area contributed by atoms with Crippen molar-refractivity contribution in [3.05, 3.63) is 24.0 Å². The minimum Gasteiger partial charge on any atom is -0.388 e. The van der Waals surface area contributed by atoms with Gasteiger partial charge in [-0.1, -0.05) is 26.1 Å². The first-order chi connectivity index (χ1) is 8.72. The van der Waals surface area contributed by atoms with E-state index in [1.54, 1.807) is 0 Å². The van der Waals surface area contributed by atoms with Crippen molar-refractivity contribution >= 4 is 27.2 Å². The van der Waals surface area contributed by atoms with Gasteiger partial charge < -0.3 is 5.73 Å². The summed E-state index contributed by atoms with van der Waals surface area (Å²) in [4.78, 5) is 4.18. The van der Waals surface area contributed by atoms with Crippen LogP contribution in [0.3, 0.4) is 0 Å². The van der Waals surface area contributed by atoms with E-state index in [-0.39, 0.29) is 15.9 Å². The first kappa shape index (κ1) is 16.0. The van der Waals surface area contributed by atoms with Crippen molar-refractivity contribution in [2.75, 3.05) is 0 Å². The second kappa shape index (κ2) is 6.40. The molecule has 0 bridgehead atoms. The largest absolute Gasteiger partial charge is 0.388 e. The molecule has 106 valence electrons. The maximum absolute atomic E-state index is 12.1. The minimum absolute atomic E-state index is 0.114. The molecule has 1 heterocycles. The molecule has 0 fully saturated rings. The summed E-state index contributed by atoms with van der Waals surface area (Å²) < 4.78 is 26.8. The molecular weight excluding hydrogens is 282 g/mol. The molecule has 0 aliphatic heterocycles. The number of hydrogen-bond donors (Lipinski definition) is 2. The Morgan fingerprint density at radius 2 is 2.05 bits per heavy atom. The number of pyridine rings is 1. The second-order valence-corrected chi connectivity index (χ2v) is 7.05. The van der Waals surface area contributed by atoms with E-state index >= 15 is 0 Å². The molecule has 1 rings (SSSR count). The van der Waals surface area contributed by atoms with Crippen LogP contribution in [0.15, 0.2) is 23.2 Å². The lowest BCUT2D eigenvalue weighted by atomic mass is 10.1. The average molecular weight is 301 g/mol. The van der Waals surface area contributed by atoms with Crippen LogP contribution < -0.4 is 10.5 Å². The fourth-order valence-corrected chi connectivity index (χ4v) is 3.09. The zero-order valence-electron chi connectivity index (χ0n) is 11.3. The smallest absolute Gasteiger partial charge is 0.242 e. The van der Waals surface area contributed by atoms with Gasteiger partial charge in [0.05, 0.1) is 5.69 Å². The average Bonchev–Trinajstić information content (AvgIpc) is 2.27. The van der Waals surface area contributed by atoms with Gasteiger partial charge in [-0.3, -0.25) is 4.98 Å². The van der Waals surface area contributed by atoms with E-state index in [4.69, 9.17) is 18.0 Å². The van der Waals surface area contributed by atoms with Crippen LogP contribution in [0.1, 0.15) is 32.9 Å². The third-order valence-corrected chi connectivity index (χ3v) is 4.26. The molecule has 0 aliphatic rings. The molecule has 7 heteroatoms. The van der Waals surface area contributed by atoms with Crippen LogP contribution in [0.2, 0.25) is 0 Å². The summed E-state index contributed by atoms with van der Waals surface area (Å²) >= 11 is 4.77. The van der Waals surface area contributed by atoms with Crippen LogP contribution in [0.4, 0.5) is 0 Å². The number of nitrogens with one attached hydrogen (secondary N) is 1. The Morgan fingerprint density at radius 1 is 1.42 bits per heavy atom. The van der Waals surface area contributed by atoms with Crippen LogP contribution >= 0.6 is 12.2 Å². The van der Waals surface area contributed by atoms with Crippen molar-refractivity contribution in [1.82, 2.24) is 9.71 Å². The van der Waals surface area contributed by atoms with Gasteiger partial charge in [0.1, 0.15) is 9.88 Å². The van der Waals surface area contributed by atoms with Gasteiger partial charge in [-0.2, -0.15) is 0 Å². The Labute approximate surface area is 119 Å². The highest BCUT2D eigenvalue weighted by Crippen LogP contribution is 2.11. The summed E-state index contributed by atoms with van der Waals surface area (Å²) in [5.74, 6) is 0.424. The van der Waals surface area contributed by atoms with E-state index in [0.29, 0.717) is 11.6 Å². The monoisotopic (exact) mass is 301 g/mol. The quantitative estimate of drug-likeness (QED) is 0.776. The van der Waals surface area contributed by atoms with Crippen molar-refractivity contribution < 1.29 is 8.42 Å². The molecule has 3 N–H and O–H groups in total. The summed E-state index contributed by atoms with van der Waals surface area (Å²) in [5.41, 5.74) is 5.82. The van der Waals surface area contributed by atoms with Gasteiger partial charge in [0, 0.05) is 12.2 Å². The maximum atomic E-state index is 12.1. The Balaban J connectivity index is 2.85. The lowest BCUT2D eigenvalue weighted by molar-refractivity contribution is 0.482. The summed E-state index contributed by atoms with van der Waals surface area (Å²) in [6.45, 7) is 5.93. The van der Waals surface area contributed by atoms with Gasteiger partial charge in [0.15, 0.2) is 0 Å². The molecular formula is C12H19N3O2S2. The van der Waals surface area contributed by atoms with E-state index < -0.39 is 10.0 Å². The molecule has 5 nitrogen and oxygen atoms in total. The van der Waals surface area contributed by atoms with Gasteiger partial charge in [-0.25, -0.2) is 13.1 Å². The zero-order chi connectivity index (χ0) is 14.6. The number of hydrogen-bond acceptors (Lipinski definition) is 4. The normalized spacial score (nSPS) is 13.5. The third kappa shape index (κ3) is 4.85. The third-order valence-electron chi connectivity index (χ3n) is 2.48. The molecule has 1 aromatic heterocycles. The fourth-order valence-electron chi connectivity index (χ4n) is 1.77. The number of nitrogens with two attached hydrogens (primary N) is 1. The Hall–Kier alpha value is -1.05. The molecule has 0 radical (unpaired) electrons. The van der Waals surface area contributed by atoms with Crippen LogP contribution in [0.5, 0.6) is 0 Å². The number of aromatic nitrogens is 1. The van der Waals surface area contributed by atoms with E-state index in [1.807, 2.05) is 20.8 Å². The maximum Gasteiger partial charge on any atom is 0.242 e. The van der Waals surface area contributed by atoms with E-state index in [9.17, 15) is 8.42 Å². The van der Waals surface area contributed by atoms with Gasteiger partial charge in [0.2, 0.25) is 10.0 Å². The summed E-state index contributed by atoms with van der Waals surface area (Å²) in [5, 5.41) is 0. The van der Waals surface area contributed by atoms with Crippen molar-refractivity contribution in [2.24, 2.45) is 11.7 Å². The number of nitrogens with zero attached hydrogens (tertiary/aromatic N) is 1. The van der Waals surface area contributed by atoms with Crippen LogP contribution in [-0.2, 0) is 10.0 Å². The number of sulfonamides is 1. The topological polar surface area (TPSA) is 85.1 Å². The van der Waals surface area contributed by atoms with Crippen LogP contribution in [0.25, 0.3) is 0 Å². The predicted molar refractivity (Wildman–Crippen MR) is 79.4 cm³/mol. The minimum atomic E-state index is -3.54. The number of thiocarbonyl (C=S) groups is 1. The number of rotatable bonds is 6. The lowest BCUT2D eigenvalue weighted by Gasteiger charge is -2.16. The summed E-state index contributed by atoms with van der Waals surface area (Å²) in [6, 6.07) is 2.83. The predicted octanol–water partition coefficient (Wildman–Crippen LogP) is 1.43. The van der Waals surface area contributed by atoms with Crippen LogP contribution in [-0.4, -0.2) is 24.4 Å². The molecule has 0 aliphatic carbocycles. The fraction of sp³-hybridized carbons (Fsp3) is 0.500. The Bertz CT molecular complexity index is 539. The summed E-state index contributed by atoms with van der Waals surface area (Å²) in [6.07, 6.45) is 2.04. The molecule has 1 aromatic rings. The highest BCUT2D eigenvalue weighted by molar-refractivity contribution is 7.89. The lowest BCUT2D eigenvalue weighted by Crippen LogP contribution is -2.33. The van der Waals surface area contributed by atoms with Gasteiger partial charge in [-0.15, -0.1) is 0 Å². The summed E-state index contributed by atoms with van der Waals surface area (Å²) in [7, 11) is -3.54. The van der Waals surface area contributed by atoms with Gasteiger partial charge in [0.25, 0.3) is 0 Å². The van der Waals surface area contributed by atoms with E-state index in [0.717, 1.165) is 6.42 Å². The van der Waals surface area contributed by atoms with Crippen molar-refractivity contribution in [3.8, 4) is 0 Å². The van der Waals surface area contributed by atoms with Crippen molar-refractivity contribution in [3.63, 3.8) is 0 Å². The molecule has 0 saturated heterocycles. The molecule has 0 saturated carbocycles. The van der Waals surface area contributed by atoms with Crippen molar-refractivity contribution in [2.45, 2.75) is 38.1 Å². The van der Waals surface area contributed by atoms with E-state index in [1.165, 1.54) is 18.3 Å². The highest BCUT2D eigenvalue weighted by atomic mass is 32.2. The first-order valence-corrected chi connectivity index (χ1v) is 7.89. The van der Waals surface area contributed by atoms with Gasteiger partial charge >= 0.3 is 0 Å². The second-order valence-electron chi connectivity index (χ2n) is 4.90. The molecule has 0 spiro atoms. The molecule has 19 heavy (non-hydrogen) atoms. The Kier molecular flexibility index (Phi) is 5.39. The molecule has 0 aromatic carbocycles. The molecule has 1 atom stereocenters. The van der Waals surface area contributed by atoms with E-state index in [2.05, 4.69) is 9.71 Å². The molecule has 0 amide bonds. The van der Waals surface area contributed by atoms with Crippen molar-refractivity contribution in [1.29, 1.82) is 0 Å². The van der Waals surface area contributed by atoms with Gasteiger partial charge in [-0.05, 0) is 31.4 Å². The molecule has 1 unspecified atom stereocenters. The SMILES string of the molecule is CC(C)CC(C)NS(=O)(=O)c1ccc(C(N)=S)nc1.